The van der Waals surface area contributed by atoms with Crippen LogP contribution in [0.5, 0.6) is 11.5 Å². The van der Waals surface area contributed by atoms with Crippen LogP contribution in [0.15, 0.2) is 114 Å². The summed E-state index contributed by atoms with van der Waals surface area (Å²) in [4.78, 5) is 28.6. The van der Waals surface area contributed by atoms with Crippen molar-refractivity contribution in [3.63, 3.8) is 0 Å². The van der Waals surface area contributed by atoms with Gasteiger partial charge in [0, 0.05) is 12.6 Å². The molecular weight excluding hydrogens is 574 g/mol. The lowest BCUT2D eigenvalue weighted by Crippen LogP contribution is -2.53. The predicted octanol–water partition coefficient (Wildman–Crippen LogP) is 5.97. The average molecular weight is 614 g/mol. The van der Waals surface area contributed by atoms with Gasteiger partial charge in [0.05, 0.1) is 10.6 Å². The Hall–Kier alpha value is -4.63. The highest BCUT2D eigenvalue weighted by Crippen LogP contribution is 2.28. The molecule has 4 aromatic rings. The fraction of sp³-hybridized carbons (Fsp3) is 0.257. The van der Waals surface area contributed by atoms with Gasteiger partial charge >= 0.3 is 0 Å². The number of aryl methyl sites for hydroxylation is 1. The summed E-state index contributed by atoms with van der Waals surface area (Å²) in [5.41, 5.74) is 2.20. The highest BCUT2D eigenvalue weighted by molar-refractivity contribution is 7.92. The minimum Gasteiger partial charge on any atom is -0.457 e. The van der Waals surface area contributed by atoms with Gasteiger partial charge in [0.2, 0.25) is 11.8 Å². The molecule has 0 saturated heterocycles. The van der Waals surface area contributed by atoms with Crippen molar-refractivity contribution in [1.82, 2.24) is 10.2 Å². The Bertz CT molecular complexity index is 1630. The van der Waals surface area contributed by atoms with Crippen LogP contribution >= 0.6 is 0 Å². The SMILES string of the molecule is Cc1ccc(S(=O)(=O)N(CC(=O)N(CCc2ccccc2)C(C)C(=O)NC(C)C)c2ccc(Oc3ccccc3)cc2)cc1. The van der Waals surface area contributed by atoms with Crippen LogP contribution in [0.2, 0.25) is 0 Å². The number of carbonyl (C=O) groups excluding carboxylic acids is 2. The Labute approximate surface area is 260 Å². The Morgan fingerprint density at radius 1 is 0.773 bits per heavy atom. The number of nitrogens with one attached hydrogen (secondary N) is 1. The van der Waals surface area contributed by atoms with Crippen LogP contribution in [-0.2, 0) is 26.0 Å². The van der Waals surface area contributed by atoms with Gasteiger partial charge in [0.25, 0.3) is 10.0 Å². The van der Waals surface area contributed by atoms with Crippen LogP contribution in [-0.4, -0.2) is 50.3 Å². The molecule has 0 aliphatic rings. The van der Waals surface area contributed by atoms with E-state index in [-0.39, 0.29) is 23.4 Å². The van der Waals surface area contributed by atoms with Crippen LogP contribution in [0, 0.1) is 6.92 Å². The zero-order valence-electron chi connectivity index (χ0n) is 25.5. The first-order valence-electron chi connectivity index (χ1n) is 14.6. The third-order valence-corrected chi connectivity index (χ3v) is 8.86. The summed E-state index contributed by atoms with van der Waals surface area (Å²) in [5.74, 6) is 0.356. The van der Waals surface area contributed by atoms with Gasteiger partial charge in [-0.05, 0) is 88.2 Å². The van der Waals surface area contributed by atoms with Gasteiger partial charge in [-0.3, -0.25) is 13.9 Å². The van der Waals surface area contributed by atoms with Gasteiger partial charge in [0.15, 0.2) is 0 Å². The Morgan fingerprint density at radius 3 is 1.93 bits per heavy atom. The summed E-state index contributed by atoms with van der Waals surface area (Å²) in [7, 11) is -4.16. The molecule has 230 valence electrons. The van der Waals surface area contributed by atoms with Crippen molar-refractivity contribution < 1.29 is 22.7 Å². The van der Waals surface area contributed by atoms with Gasteiger partial charge in [-0.2, -0.15) is 0 Å². The van der Waals surface area contributed by atoms with Crippen LogP contribution in [0.4, 0.5) is 5.69 Å². The first kappa shape index (κ1) is 32.3. The lowest BCUT2D eigenvalue weighted by molar-refractivity contribution is -0.139. The van der Waals surface area contributed by atoms with Crippen molar-refractivity contribution in [3.8, 4) is 11.5 Å². The lowest BCUT2D eigenvalue weighted by Gasteiger charge is -2.32. The maximum Gasteiger partial charge on any atom is 0.264 e. The molecule has 4 aromatic carbocycles. The molecule has 0 bridgehead atoms. The summed E-state index contributed by atoms with van der Waals surface area (Å²) in [5, 5.41) is 2.87. The van der Waals surface area contributed by atoms with Crippen LogP contribution in [0.1, 0.15) is 31.9 Å². The second-order valence-electron chi connectivity index (χ2n) is 10.9. The van der Waals surface area contributed by atoms with E-state index in [2.05, 4.69) is 5.32 Å². The van der Waals surface area contributed by atoms with Gasteiger partial charge in [0.1, 0.15) is 24.1 Å². The number of ether oxygens (including phenoxy) is 1. The molecule has 0 saturated carbocycles. The summed E-state index contributed by atoms with van der Waals surface area (Å²) >= 11 is 0. The van der Waals surface area contributed by atoms with Crippen molar-refractivity contribution in [1.29, 1.82) is 0 Å². The van der Waals surface area contributed by atoms with E-state index in [1.54, 1.807) is 43.3 Å². The molecule has 0 aromatic heterocycles. The average Bonchev–Trinajstić information content (AvgIpc) is 3.01. The van der Waals surface area contributed by atoms with Gasteiger partial charge in [-0.15, -0.1) is 0 Å². The number of para-hydroxylation sites is 1. The fourth-order valence-corrected chi connectivity index (χ4v) is 6.06. The molecule has 0 spiro atoms. The van der Waals surface area contributed by atoms with E-state index in [0.29, 0.717) is 23.6 Å². The molecule has 2 amide bonds. The summed E-state index contributed by atoms with van der Waals surface area (Å²) in [6, 6.07) is 31.0. The number of hydrogen-bond acceptors (Lipinski definition) is 5. The number of rotatable bonds is 13. The highest BCUT2D eigenvalue weighted by atomic mass is 32.2. The van der Waals surface area contributed by atoms with E-state index in [1.807, 2.05) is 81.4 Å². The van der Waals surface area contributed by atoms with Crippen LogP contribution in [0.25, 0.3) is 0 Å². The van der Waals surface area contributed by atoms with E-state index in [4.69, 9.17) is 4.74 Å². The number of amides is 2. The molecule has 0 radical (unpaired) electrons. The van der Waals surface area contributed by atoms with Gasteiger partial charge in [-0.25, -0.2) is 8.42 Å². The van der Waals surface area contributed by atoms with Gasteiger partial charge in [-0.1, -0.05) is 66.2 Å². The van der Waals surface area contributed by atoms with Crippen molar-refractivity contribution in [2.45, 2.75) is 51.1 Å². The number of benzene rings is 4. The van der Waals surface area contributed by atoms with E-state index in [9.17, 15) is 18.0 Å². The molecule has 44 heavy (non-hydrogen) atoms. The van der Waals surface area contributed by atoms with E-state index in [1.165, 1.54) is 17.0 Å². The predicted molar refractivity (Wildman–Crippen MR) is 173 cm³/mol. The van der Waals surface area contributed by atoms with Crippen LogP contribution in [0.3, 0.4) is 0 Å². The van der Waals surface area contributed by atoms with Crippen molar-refractivity contribution in [2.24, 2.45) is 0 Å². The third-order valence-electron chi connectivity index (χ3n) is 7.07. The maximum absolute atomic E-state index is 14.1. The molecule has 0 aliphatic heterocycles. The molecule has 4 rings (SSSR count). The monoisotopic (exact) mass is 613 g/mol. The molecule has 1 N–H and O–H groups in total. The minimum atomic E-state index is -4.16. The topological polar surface area (TPSA) is 96.0 Å². The first-order valence-corrected chi connectivity index (χ1v) is 16.0. The Balaban J connectivity index is 1.67. The molecular formula is C35H39N3O5S. The Kier molecular flexibility index (Phi) is 10.8. The number of anilines is 1. The van der Waals surface area contributed by atoms with E-state index < -0.39 is 28.5 Å². The molecule has 9 heteroatoms. The lowest BCUT2D eigenvalue weighted by atomic mass is 10.1. The number of sulfonamides is 1. The zero-order valence-corrected chi connectivity index (χ0v) is 26.3. The molecule has 8 nitrogen and oxygen atoms in total. The van der Waals surface area contributed by atoms with Crippen molar-refractivity contribution >= 4 is 27.5 Å². The molecule has 1 unspecified atom stereocenters. The van der Waals surface area contributed by atoms with Crippen molar-refractivity contribution in [3.05, 3.63) is 120 Å². The standard InChI is InChI=1S/C35H39N3O5S/c1-26(2)36-35(40)28(4)37(24-23-29-11-7-5-8-12-29)34(39)25-38(44(41,42)33-21-15-27(3)16-22-33)30-17-19-32(20-18-30)43-31-13-9-6-10-14-31/h5-22,26,28H,23-25H2,1-4H3,(H,36,40). The normalized spacial score (nSPS) is 11.9. The molecule has 0 aliphatic carbocycles. The third kappa shape index (κ3) is 8.48. The van der Waals surface area contributed by atoms with E-state index in [0.717, 1.165) is 15.4 Å². The number of nitrogens with zero attached hydrogens (tertiary/aromatic N) is 2. The van der Waals surface area contributed by atoms with Crippen LogP contribution < -0.4 is 14.4 Å². The zero-order chi connectivity index (χ0) is 31.7. The first-order chi connectivity index (χ1) is 21.0. The second-order valence-corrected chi connectivity index (χ2v) is 12.8. The highest BCUT2D eigenvalue weighted by Gasteiger charge is 2.32. The molecule has 0 heterocycles. The summed E-state index contributed by atoms with van der Waals surface area (Å²) in [6.45, 7) is 6.97. The summed E-state index contributed by atoms with van der Waals surface area (Å²) in [6.07, 6.45) is 0.502. The molecule has 1 atom stereocenters. The minimum absolute atomic E-state index is 0.0574. The molecule has 0 fully saturated rings. The fourth-order valence-electron chi connectivity index (χ4n) is 4.65. The largest absolute Gasteiger partial charge is 0.457 e. The van der Waals surface area contributed by atoms with Crippen molar-refractivity contribution in [2.75, 3.05) is 17.4 Å². The summed E-state index contributed by atoms with van der Waals surface area (Å²) < 4.78 is 35.1. The second kappa shape index (κ2) is 14.7. The maximum atomic E-state index is 14.1. The number of hydrogen-bond donors (Lipinski definition) is 1. The number of carbonyl (C=O) groups is 2. The van der Waals surface area contributed by atoms with E-state index >= 15 is 0 Å². The smallest absolute Gasteiger partial charge is 0.264 e. The Morgan fingerprint density at radius 2 is 1.34 bits per heavy atom. The van der Waals surface area contributed by atoms with Gasteiger partial charge < -0.3 is 15.0 Å². The quantitative estimate of drug-likeness (QED) is 0.201.